The molecule has 6 rings (SSSR count). The zero-order chi connectivity index (χ0) is 34.5. The van der Waals surface area contributed by atoms with E-state index in [1.165, 1.54) is 13.4 Å². The van der Waals surface area contributed by atoms with Gasteiger partial charge in [0.2, 0.25) is 0 Å². The van der Waals surface area contributed by atoms with Crippen molar-refractivity contribution < 1.29 is 52.4 Å². The Balaban J connectivity index is 1.60. The molecular formula is C36H50O11. The lowest BCUT2D eigenvalue weighted by molar-refractivity contribution is -0.326. The number of hydrogen-bond acceptors (Lipinski definition) is 11. The molecule has 5 fully saturated rings. The van der Waals surface area contributed by atoms with Gasteiger partial charge in [0.15, 0.2) is 5.79 Å². The van der Waals surface area contributed by atoms with E-state index in [0.29, 0.717) is 24.8 Å². The van der Waals surface area contributed by atoms with E-state index in [1.807, 2.05) is 27.7 Å². The second kappa shape index (κ2) is 11.1. The van der Waals surface area contributed by atoms with Gasteiger partial charge in [0.25, 0.3) is 0 Å². The summed E-state index contributed by atoms with van der Waals surface area (Å²) < 4.78 is 36.6. The first-order chi connectivity index (χ1) is 21.9. The molecule has 0 radical (unpaired) electrons. The van der Waals surface area contributed by atoms with E-state index in [-0.39, 0.29) is 12.8 Å². The molecule has 11 nitrogen and oxygen atoms in total. The van der Waals surface area contributed by atoms with Gasteiger partial charge in [-0.3, -0.25) is 19.2 Å². The Bertz CT molecular complexity index is 1430. The minimum atomic E-state index is -1.98. The summed E-state index contributed by atoms with van der Waals surface area (Å²) in [6, 6.07) is 1.78. The summed E-state index contributed by atoms with van der Waals surface area (Å²) in [5.41, 5.74) is -3.33. The van der Waals surface area contributed by atoms with Gasteiger partial charge in [-0.15, -0.1) is 0 Å². The molecule has 0 aromatic carbocycles. The van der Waals surface area contributed by atoms with Crippen molar-refractivity contribution in [2.24, 2.45) is 51.8 Å². The Morgan fingerprint density at radius 3 is 2.32 bits per heavy atom. The lowest BCUT2D eigenvalue weighted by Gasteiger charge is -2.68. The molecule has 12 atom stereocenters. The van der Waals surface area contributed by atoms with Crippen LogP contribution >= 0.6 is 0 Å². The quantitative estimate of drug-likeness (QED) is 0.293. The van der Waals surface area contributed by atoms with E-state index < -0.39 is 105 Å². The zero-order valence-electron chi connectivity index (χ0n) is 29.0. The number of carbonyl (C=O) groups excluding carboxylic acids is 4. The summed E-state index contributed by atoms with van der Waals surface area (Å²) in [4.78, 5) is 53.8. The zero-order valence-corrected chi connectivity index (χ0v) is 29.0. The fourth-order valence-corrected chi connectivity index (χ4v) is 10.7. The first-order valence-electron chi connectivity index (χ1n) is 17.1. The summed E-state index contributed by atoms with van der Waals surface area (Å²) in [5, 5.41) is 13.2. The first-order valence-corrected chi connectivity index (χ1v) is 17.1. The number of carbonyl (C=O) groups is 4. The number of hydrogen-bond donors (Lipinski definition) is 1. The van der Waals surface area contributed by atoms with Gasteiger partial charge in [0.1, 0.15) is 23.9 Å². The molecular weight excluding hydrogens is 608 g/mol. The average molecular weight is 659 g/mol. The molecule has 2 saturated carbocycles. The van der Waals surface area contributed by atoms with E-state index in [1.54, 1.807) is 33.1 Å². The number of aliphatic hydroxyl groups is 1. The van der Waals surface area contributed by atoms with Crippen molar-refractivity contribution in [2.45, 2.75) is 117 Å². The van der Waals surface area contributed by atoms with Gasteiger partial charge in [-0.25, -0.2) is 0 Å². The Labute approximate surface area is 276 Å². The summed E-state index contributed by atoms with van der Waals surface area (Å²) in [6.07, 6.45) is 1.96. The van der Waals surface area contributed by atoms with Crippen LogP contribution in [0, 0.1) is 51.8 Å². The SMILES string of the molecule is CC[C@H](C)C(=O)O[C@@H]1[C@H]2[C@@H](OC(=O)C(C)C)C(C)(C)[C@H](CC(=O)OC)[C@@]3(C)[C@H]4CC[C@]5(C)[C@@H](CC(=O)O[C@H]5c5ccoc5)[C@@]14O[C@@]23O. The lowest BCUT2D eigenvalue weighted by Crippen LogP contribution is -2.77. The van der Waals surface area contributed by atoms with Gasteiger partial charge in [-0.1, -0.05) is 55.4 Å². The van der Waals surface area contributed by atoms with Crippen LogP contribution in [-0.4, -0.2) is 59.7 Å². The van der Waals surface area contributed by atoms with Gasteiger partial charge < -0.3 is 33.2 Å². The predicted octanol–water partition coefficient (Wildman–Crippen LogP) is 5.14. The first kappa shape index (κ1) is 34.0. The average Bonchev–Trinajstić information content (AvgIpc) is 3.68. The Hall–Kier alpha value is -2.92. The maximum Gasteiger partial charge on any atom is 0.309 e. The number of esters is 4. The van der Waals surface area contributed by atoms with Crippen LogP contribution in [0.1, 0.15) is 99.2 Å². The normalized spacial score (nSPS) is 43.4. The van der Waals surface area contributed by atoms with Crippen LogP contribution in [0.2, 0.25) is 0 Å². The molecule has 5 aliphatic rings. The minimum absolute atomic E-state index is 0.0286. The van der Waals surface area contributed by atoms with Crippen LogP contribution in [0.3, 0.4) is 0 Å². The van der Waals surface area contributed by atoms with Crippen LogP contribution < -0.4 is 0 Å². The maximum absolute atomic E-state index is 13.8. The van der Waals surface area contributed by atoms with Crippen molar-refractivity contribution in [2.75, 3.05) is 7.11 Å². The monoisotopic (exact) mass is 658 g/mol. The van der Waals surface area contributed by atoms with Crippen molar-refractivity contribution >= 4 is 23.9 Å². The number of rotatable bonds is 8. The van der Waals surface area contributed by atoms with Gasteiger partial charge in [0, 0.05) is 40.1 Å². The molecule has 1 spiro atoms. The standard InChI is InChI=1S/C36H50O11/c1-10-19(4)31(40)46-29-26-28(45-30(39)18(2)3)32(5,6)22(15-24(37)42-9)34(8)21-11-13-33(7)23(35(21,29)47-36(26,34)41)16-25(38)44-27(33)20-12-14-43-17-20/h12,14,17-19,21-23,26-29,41H,10-11,13,15-16H2,1-9H3/t19-,21+,22-,23+,26+,27-,28+,29+,33+,34+,35+,36-/m0/s1. The van der Waals surface area contributed by atoms with Crippen LogP contribution in [0.5, 0.6) is 0 Å². The van der Waals surface area contributed by atoms with Crippen molar-refractivity contribution in [1.82, 2.24) is 0 Å². The van der Waals surface area contributed by atoms with E-state index in [9.17, 15) is 24.3 Å². The lowest BCUT2D eigenvalue weighted by atomic mass is 9.36. The Morgan fingerprint density at radius 1 is 1.04 bits per heavy atom. The van der Waals surface area contributed by atoms with Gasteiger partial charge in [-0.05, 0) is 31.2 Å². The molecule has 1 N–H and O–H groups in total. The molecule has 3 aliphatic heterocycles. The number of methoxy groups -OCH3 is 1. The Kier molecular flexibility index (Phi) is 7.99. The summed E-state index contributed by atoms with van der Waals surface area (Å²) in [5.74, 6) is -7.32. The van der Waals surface area contributed by atoms with Crippen LogP contribution in [0.4, 0.5) is 0 Å². The number of furan rings is 1. The second-order valence-corrected chi connectivity index (χ2v) is 16.1. The molecule has 4 heterocycles. The molecule has 2 aliphatic carbocycles. The van der Waals surface area contributed by atoms with E-state index in [4.69, 9.17) is 28.1 Å². The Morgan fingerprint density at radius 2 is 1.72 bits per heavy atom. The number of cyclic esters (lactones) is 1. The molecule has 47 heavy (non-hydrogen) atoms. The molecule has 260 valence electrons. The highest BCUT2D eigenvalue weighted by Crippen LogP contribution is 2.81. The highest BCUT2D eigenvalue weighted by atomic mass is 16.7. The third kappa shape index (κ3) is 4.36. The molecule has 0 unspecified atom stereocenters. The van der Waals surface area contributed by atoms with Gasteiger partial charge in [0.05, 0.1) is 43.8 Å². The summed E-state index contributed by atoms with van der Waals surface area (Å²) in [6.45, 7) is 15.0. The second-order valence-electron chi connectivity index (χ2n) is 16.1. The fourth-order valence-electron chi connectivity index (χ4n) is 10.7. The van der Waals surface area contributed by atoms with Crippen molar-refractivity contribution in [3.8, 4) is 0 Å². The van der Waals surface area contributed by atoms with Crippen molar-refractivity contribution in [3.63, 3.8) is 0 Å². The van der Waals surface area contributed by atoms with Crippen LogP contribution in [-0.2, 0) is 42.9 Å². The van der Waals surface area contributed by atoms with Crippen molar-refractivity contribution in [1.29, 1.82) is 0 Å². The third-order valence-corrected chi connectivity index (χ3v) is 13.2. The third-order valence-electron chi connectivity index (χ3n) is 13.2. The predicted molar refractivity (Wildman–Crippen MR) is 165 cm³/mol. The maximum atomic E-state index is 13.8. The van der Waals surface area contributed by atoms with Crippen LogP contribution in [0.15, 0.2) is 23.0 Å². The smallest absolute Gasteiger partial charge is 0.309 e. The number of ether oxygens (including phenoxy) is 5. The molecule has 1 aromatic rings. The summed E-state index contributed by atoms with van der Waals surface area (Å²) >= 11 is 0. The fraction of sp³-hybridized carbons (Fsp3) is 0.778. The topological polar surface area (TPSA) is 148 Å². The van der Waals surface area contributed by atoms with E-state index >= 15 is 0 Å². The molecule has 3 saturated heterocycles. The van der Waals surface area contributed by atoms with Crippen molar-refractivity contribution in [3.05, 3.63) is 24.2 Å². The molecule has 0 amide bonds. The molecule has 11 heteroatoms. The molecule has 2 bridgehead atoms. The number of fused-ring (bicyclic) bond motifs is 2. The largest absolute Gasteiger partial charge is 0.472 e. The highest BCUT2D eigenvalue weighted by molar-refractivity contribution is 5.74. The minimum Gasteiger partial charge on any atom is -0.472 e. The molecule has 1 aromatic heterocycles. The van der Waals surface area contributed by atoms with Gasteiger partial charge >= 0.3 is 23.9 Å². The summed E-state index contributed by atoms with van der Waals surface area (Å²) in [7, 11) is 1.33. The van der Waals surface area contributed by atoms with Gasteiger partial charge in [-0.2, -0.15) is 0 Å². The highest BCUT2D eigenvalue weighted by Gasteiger charge is 2.91. The van der Waals surface area contributed by atoms with Crippen LogP contribution in [0.25, 0.3) is 0 Å². The van der Waals surface area contributed by atoms with E-state index in [0.717, 1.165) is 0 Å². The van der Waals surface area contributed by atoms with E-state index in [2.05, 4.69) is 6.92 Å².